The number of aryl methyl sites for hydroxylation is 2. The minimum Gasteiger partial charge on any atom is -0.493 e. The van der Waals surface area contributed by atoms with Crippen molar-refractivity contribution in [2.24, 2.45) is 5.10 Å². The van der Waals surface area contributed by atoms with Crippen LogP contribution in [0.3, 0.4) is 0 Å². The van der Waals surface area contributed by atoms with Gasteiger partial charge in [-0.15, -0.1) is 0 Å². The third-order valence-corrected chi connectivity index (χ3v) is 5.17. The molecular weight excluding hydrogens is 472 g/mol. The molecule has 0 aromatic heterocycles. The van der Waals surface area contributed by atoms with E-state index < -0.39 is 0 Å². The zero-order chi connectivity index (χ0) is 22.9. The molecule has 1 N–H and O–H groups in total. The van der Waals surface area contributed by atoms with Crippen LogP contribution < -0.4 is 19.6 Å². The molecule has 0 saturated heterocycles. The Balaban J connectivity index is 1.52. The van der Waals surface area contributed by atoms with Crippen LogP contribution in [0.1, 0.15) is 22.3 Å². The minimum absolute atomic E-state index is 0.145. The lowest BCUT2D eigenvalue weighted by Gasteiger charge is -2.11. The molecule has 0 saturated carbocycles. The Morgan fingerprint density at radius 3 is 2.38 bits per heavy atom. The average molecular weight is 497 g/mol. The number of ether oxygens (including phenoxy) is 3. The standard InChI is InChI=1S/C25H25BrN2O4/c1-17-4-7-19(8-5-17)15-31-23-11-9-20(13-24(23)30-3)14-27-28-25(29)16-32-22-10-6-18(2)12-21(22)26/h4-14H,15-16H2,1-3H3,(H,28,29)/b27-14+. The first kappa shape index (κ1) is 23.3. The van der Waals surface area contributed by atoms with Gasteiger partial charge in [0.2, 0.25) is 0 Å². The van der Waals surface area contributed by atoms with E-state index in [-0.39, 0.29) is 12.5 Å². The van der Waals surface area contributed by atoms with Gasteiger partial charge >= 0.3 is 0 Å². The smallest absolute Gasteiger partial charge is 0.277 e. The molecule has 0 aliphatic rings. The molecular formula is C25H25BrN2O4. The number of benzene rings is 3. The summed E-state index contributed by atoms with van der Waals surface area (Å²) in [5.74, 6) is 1.45. The summed E-state index contributed by atoms with van der Waals surface area (Å²) in [5.41, 5.74) is 6.59. The third-order valence-electron chi connectivity index (χ3n) is 4.55. The van der Waals surface area contributed by atoms with Crippen LogP contribution in [0.15, 0.2) is 70.2 Å². The summed E-state index contributed by atoms with van der Waals surface area (Å²) in [6.45, 7) is 4.32. The zero-order valence-corrected chi connectivity index (χ0v) is 19.8. The number of nitrogens with zero attached hydrogens (tertiary/aromatic N) is 1. The van der Waals surface area contributed by atoms with Gasteiger partial charge in [0.05, 0.1) is 17.8 Å². The number of carbonyl (C=O) groups excluding carboxylic acids is 1. The maximum Gasteiger partial charge on any atom is 0.277 e. The van der Waals surface area contributed by atoms with Crippen molar-refractivity contribution in [3.8, 4) is 17.2 Å². The first-order valence-corrected chi connectivity index (χ1v) is 10.8. The highest BCUT2D eigenvalue weighted by molar-refractivity contribution is 9.10. The fourth-order valence-electron chi connectivity index (χ4n) is 2.81. The maximum absolute atomic E-state index is 12.0. The zero-order valence-electron chi connectivity index (χ0n) is 18.2. The summed E-state index contributed by atoms with van der Waals surface area (Å²) < 4.78 is 17.6. The van der Waals surface area contributed by atoms with Crippen LogP contribution in [0.4, 0.5) is 0 Å². The van der Waals surface area contributed by atoms with Gasteiger partial charge in [-0.05, 0) is 76.8 Å². The van der Waals surface area contributed by atoms with Gasteiger partial charge in [-0.2, -0.15) is 5.10 Å². The quantitative estimate of drug-likeness (QED) is 0.327. The van der Waals surface area contributed by atoms with Gasteiger partial charge in [-0.1, -0.05) is 35.9 Å². The molecule has 3 aromatic carbocycles. The van der Waals surface area contributed by atoms with Gasteiger partial charge in [0.1, 0.15) is 12.4 Å². The molecule has 0 bridgehead atoms. The number of hydrogen-bond donors (Lipinski definition) is 1. The monoisotopic (exact) mass is 496 g/mol. The van der Waals surface area contributed by atoms with Crippen LogP contribution in [0, 0.1) is 13.8 Å². The molecule has 166 valence electrons. The summed E-state index contributed by atoms with van der Waals surface area (Å²) in [5, 5.41) is 3.98. The van der Waals surface area contributed by atoms with Crippen molar-refractivity contribution in [2.75, 3.05) is 13.7 Å². The highest BCUT2D eigenvalue weighted by atomic mass is 79.9. The molecule has 0 radical (unpaired) electrons. The number of rotatable bonds is 9. The number of nitrogens with one attached hydrogen (secondary N) is 1. The predicted octanol–water partition coefficient (Wildman–Crippen LogP) is 5.18. The second-order valence-electron chi connectivity index (χ2n) is 7.20. The molecule has 0 spiro atoms. The van der Waals surface area contributed by atoms with Gasteiger partial charge in [-0.25, -0.2) is 5.43 Å². The van der Waals surface area contributed by atoms with Crippen molar-refractivity contribution >= 4 is 28.1 Å². The van der Waals surface area contributed by atoms with Crippen molar-refractivity contribution in [3.63, 3.8) is 0 Å². The lowest BCUT2D eigenvalue weighted by atomic mass is 10.2. The van der Waals surface area contributed by atoms with E-state index in [1.807, 2.05) is 56.3 Å². The van der Waals surface area contributed by atoms with E-state index >= 15 is 0 Å². The lowest BCUT2D eigenvalue weighted by molar-refractivity contribution is -0.123. The van der Waals surface area contributed by atoms with Gasteiger partial charge < -0.3 is 14.2 Å². The van der Waals surface area contributed by atoms with Crippen molar-refractivity contribution in [3.05, 3.63) is 87.4 Å². The van der Waals surface area contributed by atoms with Crippen molar-refractivity contribution in [2.45, 2.75) is 20.5 Å². The number of hydrogen-bond acceptors (Lipinski definition) is 5. The summed E-state index contributed by atoms with van der Waals surface area (Å²) in [7, 11) is 1.58. The van der Waals surface area contributed by atoms with Crippen molar-refractivity contribution in [1.29, 1.82) is 0 Å². The summed E-state index contributed by atoms with van der Waals surface area (Å²) >= 11 is 3.42. The molecule has 7 heteroatoms. The number of hydrazone groups is 1. The van der Waals surface area contributed by atoms with E-state index in [0.29, 0.717) is 23.9 Å². The number of halogens is 1. The Morgan fingerprint density at radius 1 is 0.938 bits per heavy atom. The van der Waals surface area contributed by atoms with Crippen LogP contribution in [-0.2, 0) is 11.4 Å². The fourth-order valence-corrected chi connectivity index (χ4v) is 3.41. The van der Waals surface area contributed by atoms with Gasteiger partial charge in [0, 0.05) is 0 Å². The average Bonchev–Trinajstić information content (AvgIpc) is 2.78. The Hall–Kier alpha value is -3.32. The summed E-state index contributed by atoms with van der Waals surface area (Å²) in [6, 6.07) is 19.3. The van der Waals surface area contributed by atoms with Gasteiger partial charge in [-0.3, -0.25) is 4.79 Å². The van der Waals surface area contributed by atoms with Gasteiger partial charge in [0.15, 0.2) is 18.1 Å². The molecule has 32 heavy (non-hydrogen) atoms. The van der Waals surface area contributed by atoms with Crippen LogP contribution in [0.5, 0.6) is 17.2 Å². The van der Waals surface area contributed by atoms with E-state index in [2.05, 4.69) is 38.6 Å². The molecule has 0 aliphatic carbocycles. The van der Waals surface area contributed by atoms with E-state index in [4.69, 9.17) is 14.2 Å². The molecule has 3 aromatic rings. The highest BCUT2D eigenvalue weighted by Crippen LogP contribution is 2.28. The van der Waals surface area contributed by atoms with Crippen molar-refractivity contribution < 1.29 is 19.0 Å². The summed E-state index contributed by atoms with van der Waals surface area (Å²) in [4.78, 5) is 12.0. The van der Waals surface area contributed by atoms with Crippen LogP contribution in [0.2, 0.25) is 0 Å². The first-order chi connectivity index (χ1) is 15.4. The second-order valence-corrected chi connectivity index (χ2v) is 8.05. The normalized spacial score (nSPS) is 10.8. The predicted molar refractivity (Wildman–Crippen MR) is 129 cm³/mol. The molecule has 1 amide bonds. The van der Waals surface area contributed by atoms with E-state index in [0.717, 1.165) is 21.2 Å². The molecule has 0 unspecified atom stereocenters. The highest BCUT2D eigenvalue weighted by Gasteiger charge is 2.07. The Labute approximate surface area is 196 Å². The number of amides is 1. The first-order valence-electron chi connectivity index (χ1n) is 10.0. The van der Waals surface area contributed by atoms with E-state index in [1.54, 1.807) is 13.2 Å². The van der Waals surface area contributed by atoms with E-state index in [9.17, 15) is 4.79 Å². The van der Waals surface area contributed by atoms with Gasteiger partial charge in [0.25, 0.3) is 5.91 Å². The number of carbonyl (C=O) groups is 1. The lowest BCUT2D eigenvalue weighted by Crippen LogP contribution is -2.24. The Morgan fingerprint density at radius 2 is 1.66 bits per heavy atom. The molecule has 0 fully saturated rings. The number of methoxy groups -OCH3 is 1. The molecule has 6 nitrogen and oxygen atoms in total. The fraction of sp³-hybridized carbons (Fsp3) is 0.200. The van der Waals surface area contributed by atoms with Crippen LogP contribution >= 0.6 is 15.9 Å². The van der Waals surface area contributed by atoms with Crippen LogP contribution in [0.25, 0.3) is 0 Å². The van der Waals surface area contributed by atoms with E-state index in [1.165, 1.54) is 11.8 Å². The minimum atomic E-state index is -0.362. The molecule has 0 heterocycles. The Kier molecular flexibility index (Phi) is 8.27. The van der Waals surface area contributed by atoms with Crippen LogP contribution in [-0.4, -0.2) is 25.8 Å². The maximum atomic E-state index is 12.0. The molecule has 0 aliphatic heterocycles. The Bertz CT molecular complexity index is 1100. The summed E-state index contributed by atoms with van der Waals surface area (Å²) in [6.07, 6.45) is 1.53. The molecule has 3 rings (SSSR count). The van der Waals surface area contributed by atoms with Crippen molar-refractivity contribution in [1.82, 2.24) is 5.43 Å². The topological polar surface area (TPSA) is 69.2 Å². The largest absolute Gasteiger partial charge is 0.493 e. The SMILES string of the molecule is COc1cc(/C=N/NC(=O)COc2ccc(C)cc2Br)ccc1OCc1ccc(C)cc1. The second kappa shape index (κ2) is 11.3. The molecule has 0 atom stereocenters. The third kappa shape index (κ3) is 6.85.